The fourth-order valence-corrected chi connectivity index (χ4v) is 26.8. The molecule has 3 fully saturated rings. The van der Waals surface area contributed by atoms with Crippen molar-refractivity contribution < 1.29 is 62.1 Å². The van der Waals surface area contributed by atoms with Crippen molar-refractivity contribution in [2.45, 2.75) is 180 Å². The Hall–Kier alpha value is -5.88. The number of likely N-dealkylation sites (tertiary alicyclic amines) is 1. The number of imidazole rings is 1. The number of aromatic nitrogens is 2. The fourth-order valence-electron chi connectivity index (χ4n) is 12.0. The zero-order valence-electron chi connectivity index (χ0n) is 52.7. The molecule has 2 aliphatic heterocycles. The van der Waals surface area contributed by atoms with Crippen molar-refractivity contribution in [1.82, 2.24) is 45.9 Å². The molecule has 21 nitrogen and oxygen atoms in total. The standard InChI is InChI=1S/C64H93F2IN10O11.Al/c1-10-42(35-67(9)11-2)45-34-53(80)77(62(45)86)31-19-13-16-26-52(79)74-55(39(3)4)61(85)70-40(5)58(82)73-50(63(87)88)24-17-18-30-69-59(83)44-23-20-25-49(44)72-60(84)48(68)29-32-76(54(81)38-78)56(64(6,7)8)57-71-51(46-33-43(65)27-28-47(46)66)37-75(57)36-41-21-14-12-15-22-41;/h12,14-15,21-22,27-28,33,37,39-40,42,44-45,48-50,55-56,78H,2,9-11,13,16-20,23-26,29-32,34-36,38,68H2,1,3-8H3,(H,69,83)(H,70,85)(H,72,84)(H,73,82)(H,74,79)(H,87,88);/t40-,42?,44+,45?,48-,49-,50-,55-,56-;/m0./s1. The number of carbonyl (C=O) groups is 9. The Balaban J connectivity index is 0.922. The Bertz CT molecular complexity index is 2930. The third-order valence-corrected chi connectivity index (χ3v) is 29.7. The van der Waals surface area contributed by atoms with Gasteiger partial charge in [0.25, 0.3) is 0 Å². The van der Waals surface area contributed by atoms with Gasteiger partial charge in [-0.2, -0.15) is 0 Å². The number of alkyl halides is 3. The molecule has 8 amide bonds. The Kier molecular flexibility index (Phi) is 28.0. The van der Waals surface area contributed by atoms with Crippen LogP contribution < -0.4 is 32.3 Å². The number of nitrogens with two attached hydrogens (primary N) is 1. The molecule has 9 N–H and O–H groups in total. The molecule has 9 atom stereocenters. The molecule has 0 bridgehead atoms. The van der Waals surface area contributed by atoms with Crippen molar-refractivity contribution >= 4 is 88.3 Å². The van der Waals surface area contributed by atoms with Gasteiger partial charge in [-0.15, -0.1) is 0 Å². The summed E-state index contributed by atoms with van der Waals surface area (Å²) >= 11 is -0.382. The van der Waals surface area contributed by atoms with Crippen LogP contribution in [0.15, 0.2) is 54.7 Å². The Morgan fingerprint density at radius 2 is 1.65 bits per heavy atom. The van der Waals surface area contributed by atoms with Crippen LogP contribution in [-0.4, -0.2) is 167 Å². The summed E-state index contributed by atoms with van der Waals surface area (Å²) in [4.78, 5) is 127. The summed E-state index contributed by atoms with van der Waals surface area (Å²) in [6.07, 6.45) is 6.82. The number of imide groups is 1. The van der Waals surface area contributed by atoms with Gasteiger partial charge in [0, 0.05) is 37.4 Å². The number of halogens is 3. The van der Waals surface area contributed by atoms with Gasteiger partial charge in [-0.1, -0.05) is 71.4 Å². The number of nitrogens with one attached hydrogen (secondary N) is 5. The van der Waals surface area contributed by atoms with E-state index in [1.165, 1.54) is 34.2 Å². The summed E-state index contributed by atoms with van der Waals surface area (Å²) in [6, 6.07) is 6.44. The van der Waals surface area contributed by atoms with Crippen LogP contribution in [0.5, 0.6) is 0 Å². The number of hydrogen-bond donors (Lipinski definition) is 8. The number of aliphatic hydroxyl groups is 1. The predicted molar refractivity (Wildman–Crippen MR) is 343 cm³/mol. The van der Waals surface area contributed by atoms with Crippen LogP contribution in [0.1, 0.15) is 149 Å². The molecule has 3 aromatic rings. The van der Waals surface area contributed by atoms with Gasteiger partial charge in [-0.25, -0.2) is 18.6 Å². The van der Waals surface area contributed by atoms with Gasteiger partial charge in [0.2, 0.25) is 29.5 Å². The van der Waals surface area contributed by atoms with E-state index in [2.05, 4.69) is 33.5 Å². The Morgan fingerprint density at radius 1 is 0.910 bits per heavy atom. The number of unbranched alkanes of at least 4 members (excludes halogenated alkanes) is 3. The quantitative estimate of drug-likeness (QED) is 0.0115. The number of aliphatic hydroxyl groups excluding tert-OH is 1. The average molecular weight is 1370 g/mol. The van der Waals surface area contributed by atoms with E-state index in [-0.39, 0.29) is 85.6 Å². The summed E-state index contributed by atoms with van der Waals surface area (Å²) in [7, 11) is 0. The number of hydrogen-bond acceptors (Lipinski definition) is 12. The normalized spacial score (nSPS) is 19.2. The minimum absolute atomic E-state index is 0.0138. The van der Waals surface area contributed by atoms with Crippen LogP contribution >= 0.6 is 19.8 Å². The minimum atomic E-state index is -1.31. The van der Waals surface area contributed by atoms with Crippen molar-refractivity contribution in [3.63, 3.8) is 0 Å². The van der Waals surface area contributed by atoms with E-state index in [1.807, 2.05) is 51.1 Å². The molecule has 2 saturated heterocycles. The number of carboxylic acid groups (broad SMARTS) is 1. The van der Waals surface area contributed by atoms with E-state index in [9.17, 15) is 57.8 Å². The summed E-state index contributed by atoms with van der Waals surface area (Å²) in [6.45, 7) is 12.4. The Morgan fingerprint density at radius 3 is 2.31 bits per heavy atom. The number of nitrogens with zero attached hydrogens (tertiary/aromatic N) is 4. The first kappa shape index (κ1) is 72.2. The number of carbonyl (C=O) groups excluding carboxylic acids is 8. The summed E-state index contributed by atoms with van der Waals surface area (Å²) in [5, 5.41) is 35.3. The van der Waals surface area contributed by atoms with Crippen molar-refractivity contribution in [1.29, 1.82) is 0 Å². The van der Waals surface area contributed by atoms with E-state index in [4.69, 9.17) is 10.7 Å². The van der Waals surface area contributed by atoms with Crippen LogP contribution in [-0.2, 0) is 49.7 Å². The van der Waals surface area contributed by atoms with Gasteiger partial charge in [0.1, 0.15) is 42.2 Å². The maximum absolute atomic E-state index is 15.2. The molecule has 3 heterocycles. The van der Waals surface area contributed by atoms with Crippen molar-refractivity contribution in [3.05, 3.63) is 77.8 Å². The van der Waals surface area contributed by atoms with E-state index in [1.54, 1.807) is 24.6 Å². The van der Waals surface area contributed by atoms with Crippen LogP contribution in [0.4, 0.5) is 8.78 Å². The van der Waals surface area contributed by atoms with E-state index in [0.717, 1.165) is 30.2 Å². The first-order chi connectivity index (χ1) is 42.3. The molecule has 0 spiro atoms. The maximum atomic E-state index is 15.2. The molecule has 489 valence electrons. The van der Waals surface area contributed by atoms with Crippen LogP contribution in [0.3, 0.4) is 0 Å². The van der Waals surface area contributed by atoms with Gasteiger partial charge in [0.15, 0.2) is 0 Å². The number of benzene rings is 2. The topological polar surface area (TPSA) is 305 Å². The van der Waals surface area contributed by atoms with Crippen LogP contribution in [0, 0.1) is 40.7 Å². The third kappa shape index (κ3) is 20.8. The van der Waals surface area contributed by atoms with Gasteiger partial charge in [0.05, 0.1) is 23.7 Å². The molecular weight excluding hydrogens is 1280 g/mol. The van der Waals surface area contributed by atoms with Gasteiger partial charge < -0.3 is 46.7 Å². The molecule has 1 saturated carbocycles. The van der Waals surface area contributed by atoms with E-state index in [0.29, 0.717) is 91.3 Å². The molecule has 2 aromatic carbocycles. The zero-order valence-corrected chi connectivity index (χ0v) is 56.0. The SMILES string of the molecule is CCC(CI1C[CH2][Al][CH2]1)C1CC(=O)N(CCCCCC(=O)N[C@H](C(=O)N[C@@H](C)C(=O)N[C@@H](CCCCNC(=O)[C@@H]2CCC[C@@H]2NC(=O)[C@@H](N)CCN(C(=O)CO)[C@@H](c2nc(-c3cc(F)ccc3F)cn2Cc2ccccc2)C(C)(C)C)C(=O)O)C(C)C)C1=O. The molecule has 6 rings (SSSR count). The molecule has 3 aliphatic rings. The summed E-state index contributed by atoms with van der Waals surface area (Å²) in [5.41, 5.74) is 6.66. The first-order valence-corrected chi connectivity index (χ1v) is 37.7. The van der Waals surface area contributed by atoms with Gasteiger partial charge in [-0.05, 0) is 80.5 Å². The van der Waals surface area contributed by atoms with Crippen molar-refractivity contribution in [2.24, 2.45) is 34.8 Å². The Labute approximate surface area is 535 Å². The van der Waals surface area contributed by atoms with E-state index >= 15 is 4.39 Å². The predicted octanol–water partition coefficient (Wildman–Crippen LogP) is 5.85. The second kappa shape index (κ2) is 34.5. The van der Waals surface area contributed by atoms with E-state index < -0.39 is 115 Å². The number of carboxylic acids is 1. The average Bonchev–Trinajstić information content (AvgIpc) is 3.67. The molecular formula is C64H93AlF2IN10O11. The first-order valence-electron chi connectivity index (χ1n) is 31.5. The van der Waals surface area contributed by atoms with Gasteiger partial charge >= 0.3 is 165 Å². The molecule has 89 heavy (non-hydrogen) atoms. The van der Waals surface area contributed by atoms with Crippen LogP contribution in [0.2, 0.25) is 5.28 Å². The summed E-state index contributed by atoms with van der Waals surface area (Å²) in [5.74, 6) is -6.57. The fraction of sp³-hybridized carbons (Fsp3) is 0.625. The van der Waals surface area contributed by atoms with Crippen LogP contribution in [0.25, 0.3) is 11.3 Å². The molecule has 1 aliphatic carbocycles. The summed E-state index contributed by atoms with van der Waals surface area (Å²) < 4.78 is 35.4. The second-order valence-corrected chi connectivity index (χ2v) is 34.6. The molecule has 25 heteroatoms. The third-order valence-electron chi connectivity index (χ3n) is 17.1. The molecule has 1 aromatic heterocycles. The number of rotatable bonds is 34. The number of amides is 8. The molecule has 1 radical (unpaired) electrons. The van der Waals surface area contributed by atoms with Gasteiger partial charge in [-0.3, -0.25) is 24.0 Å². The monoisotopic (exact) mass is 1370 g/mol. The second-order valence-electron chi connectivity index (χ2n) is 25.3. The van der Waals surface area contributed by atoms with Crippen molar-refractivity contribution in [3.8, 4) is 11.3 Å². The molecule has 2 unspecified atom stereocenters. The zero-order chi connectivity index (χ0) is 65.1. The number of aliphatic carboxylic acids is 1. The van der Waals surface area contributed by atoms with Crippen molar-refractivity contribution in [2.75, 3.05) is 38.4 Å².